The monoisotopic (exact) mass is 538 g/mol. The van der Waals surface area contributed by atoms with Crippen molar-refractivity contribution in [2.24, 2.45) is 13.0 Å². The Balaban J connectivity index is 1.36. The first-order chi connectivity index (χ1) is 19.5. The summed E-state index contributed by atoms with van der Waals surface area (Å²) in [6.07, 6.45) is 8.03. The van der Waals surface area contributed by atoms with Crippen molar-refractivity contribution in [3.8, 4) is 28.6 Å². The first-order valence-corrected chi connectivity index (χ1v) is 13.0. The summed E-state index contributed by atoms with van der Waals surface area (Å²) < 4.78 is 12.9. The zero-order valence-electron chi connectivity index (χ0n) is 22.6. The van der Waals surface area contributed by atoms with E-state index in [2.05, 4.69) is 42.0 Å². The molecule has 0 spiro atoms. The van der Waals surface area contributed by atoms with Crippen LogP contribution in [0.4, 0.5) is 17.3 Å². The molecule has 204 valence electrons. The maximum absolute atomic E-state index is 9.84. The number of hydrogen-bond acceptors (Lipinski definition) is 10. The Morgan fingerprint density at radius 3 is 2.50 bits per heavy atom. The van der Waals surface area contributed by atoms with Crippen molar-refractivity contribution in [3.63, 3.8) is 0 Å². The van der Waals surface area contributed by atoms with Gasteiger partial charge in [-0.1, -0.05) is 0 Å². The van der Waals surface area contributed by atoms with Crippen molar-refractivity contribution in [1.29, 1.82) is 0 Å². The lowest BCUT2D eigenvalue weighted by Crippen LogP contribution is -2.28. The third kappa shape index (κ3) is 5.18. The summed E-state index contributed by atoms with van der Waals surface area (Å²) in [6.45, 7) is 2.30. The Bertz CT molecular complexity index is 1630. The van der Waals surface area contributed by atoms with E-state index in [1.165, 1.54) is 6.07 Å². The third-order valence-corrected chi connectivity index (χ3v) is 7.12. The minimum atomic E-state index is -0.0264. The van der Waals surface area contributed by atoms with E-state index in [0.717, 1.165) is 59.7 Å². The van der Waals surface area contributed by atoms with Crippen LogP contribution < -0.4 is 19.3 Å². The number of methoxy groups -OCH3 is 2. The molecule has 0 amide bonds. The van der Waals surface area contributed by atoms with E-state index in [0.29, 0.717) is 23.4 Å². The molecule has 0 saturated carbocycles. The molecule has 11 heteroatoms. The van der Waals surface area contributed by atoms with Gasteiger partial charge in [-0.15, -0.1) is 0 Å². The van der Waals surface area contributed by atoms with Crippen LogP contribution >= 0.6 is 0 Å². The average molecular weight is 539 g/mol. The Kier molecular flexibility index (Phi) is 6.77. The van der Waals surface area contributed by atoms with Crippen LogP contribution in [-0.4, -0.2) is 68.7 Å². The molecule has 1 N–H and O–H groups in total. The molecule has 5 aromatic rings. The largest absolute Gasteiger partial charge is 0.497 e. The highest BCUT2D eigenvalue weighted by molar-refractivity contribution is 5.82. The lowest BCUT2D eigenvalue weighted by Gasteiger charge is -2.29. The number of nitrogens with zero attached hydrogens (tertiary/aromatic N) is 8. The number of benzene rings is 2. The van der Waals surface area contributed by atoms with Crippen molar-refractivity contribution in [1.82, 2.24) is 29.7 Å². The summed E-state index contributed by atoms with van der Waals surface area (Å²) in [5.74, 6) is 2.24. The topological polar surface area (TPSA) is 115 Å². The lowest BCUT2D eigenvalue weighted by molar-refractivity contribution is 0.394. The van der Waals surface area contributed by atoms with E-state index in [1.807, 2.05) is 37.5 Å². The van der Waals surface area contributed by atoms with E-state index < -0.39 is 0 Å². The summed E-state index contributed by atoms with van der Waals surface area (Å²) in [5.41, 5.74) is 5.21. The number of hydrogen-bond donors (Lipinski definition) is 1. The molecule has 4 heterocycles. The Morgan fingerprint density at radius 1 is 0.950 bits per heavy atom. The second-order valence-corrected chi connectivity index (χ2v) is 9.83. The predicted octanol–water partition coefficient (Wildman–Crippen LogP) is 4.21. The number of ether oxygens (including phenoxy) is 2. The minimum absolute atomic E-state index is 0.0264. The number of rotatable bonds is 8. The Morgan fingerprint density at radius 2 is 1.77 bits per heavy atom. The van der Waals surface area contributed by atoms with Crippen molar-refractivity contribution >= 4 is 28.4 Å². The molecular formula is C29H30N8O3. The van der Waals surface area contributed by atoms with Gasteiger partial charge in [0.2, 0.25) is 11.8 Å². The van der Waals surface area contributed by atoms with Crippen molar-refractivity contribution < 1.29 is 14.6 Å². The van der Waals surface area contributed by atoms with Gasteiger partial charge in [-0.25, -0.2) is 9.97 Å². The van der Waals surface area contributed by atoms with Gasteiger partial charge in [0.15, 0.2) is 0 Å². The van der Waals surface area contributed by atoms with E-state index in [-0.39, 0.29) is 5.88 Å². The van der Waals surface area contributed by atoms with E-state index >= 15 is 0 Å². The summed E-state index contributed by atoms with van der Waals surface area (Å²) in [4.78, 5) is 22.5. The van der Waals surface area contributed by atoms with Gasteiger partial charge in [0.25, 0.3) is 0 Å². The van der Waals surface area contributed by atoms with Gasteiger partial charge in [0, 0.05) is 80.3 Å². The molecule has 1 aliphatic rings. The van der Waals surface area contributed by atoms with Crippen LogP contribution in [0.5, 0.6) is 17.4 Å². The van der Waals surface area contributed by atoms with Crippen molar-refractivity contribution in [2.45, 2.75) is 6.42 Å². The van der Waals surface area contributed by atoms with Crippen LogP contribution in [-0.2, 0) is 7.05 Å². The average Bonchev–Trinajstić information content (AvgIpc) is 3.64. The van der Waals surface area contributed by atoms with Crippen molar-refractivity contribution in [3.05, 3.63) is 67.3 Å². The zero-order valence-corrected chi connectivity index (χ0v) is 22.6. The summed E-state index contributed by atoms with van der Waals surface area (Å²) in [6, 6.07) is 13.5. The summed E-state index contributed by atoms with van der Waals surface area (Å²) >= 11 is 0. The normalized spacial score (nSPS) is 15.0. The standard InChI is InChI=1S/C29H30N8O3/c1-35-18-20(14-32-35)27-15-31-25-5-4-21(12-26(25)33-27)37(22-10-23(39-2)13-24(11-22)40-3)17-19-7-9-36(16-19)29-30-8-6-28(38)34-29/h4-6,8,10-15,18-19H,7,9,16-17H2,1-3H3,(H,30,34,38). The fraction of sp³-hybridized carbons (Fsp3) is 0.276. The molecule has 1 saturated heterocycles. The van der Waals surface area contributed by atoms with Crippen molar-refractivity contribution in [2.75, 3.05) is 43.7 Å². The smallest absolute Gasteiger partial charge is 0.228 e. The predicted molar refractivity (Wildman–Crippen MR) is 152 cm³/mol. The SMILES string of the molecule is COc1cc(OC)cc(N(CC2CCN(c3nccc(O)n3)C2)c2ccc3ncc(-c4cnn(C)c4)nc3c2)c1. The van der Waals surface area contributed by atoms with Crippen LogP contribution in [0.25, 0.3) is 22.3 Å². The molecule has 2 aromatic carbocycles. The number of anilines is 3. The van der Waals surface area contributed by atoms with E-state index in [1.54, 1.807) is 37.5 Å². The highest BCUT2D eigenvalue weighted by Crippen LogP contribution is 2.36. The molecule has 0 radical (unpaired) electrons. The Labute approximate surface area is 231 Å². The van der Waals surface area contributed by atoms with Gasteiger partial charge >= 0.3 is 0 Å². The maximum atomic E-state index is 9.84. The number of aromatic hydroxyl groups is 1. The lowest BCUT2D eigenvalue weighted by atomic mass is 10.1. The molecular weight excluding hydrogens is 508 g/mol. The molecule has 1 fully saturated rings. The van der Waals surface area contributed by atoms with Gasteiger partial charge in [0.05, 0.1) is 43.3 Å². The second kappa shape index (κ2) is 10.7. The quantitative estimate of drug-likeness (QED) is 0.308. The zero-order chi connectivity index (χ0) is 27.6. The number of fused-ring (bicyclic) bond motifs is 1. The molecule has 0 aliphatic carbocycles. The van der Waals surface area contributed by atoms with Crippen LogP contribution in [0.3, 0.4) is 0 Å². The third-order valence-electron chi connectivity index (χ3n) is 7.12. The van der Waals surface area contributed by atoms with Crippen LogP contribution in [0, 0.1) is 5.92 Å². The van der Waals surface area contributed by atoms with Gasteiger partial charge in [-0.2, -0.15) is 10.1 Å². The molecule has 1 aliphatic heterocycles. The fourth-order valence-corrected chi connectivity index (χ4v) is 5.08. The molecule has 6 rings (SSSR count). The van der Waals surface area contributed by atoms with Gasteiger partial charge < -0.3 is 24.4 Å². The summed E-state index contributed by atoms with van der Waals surface area (Å²) in [5, 5.41) is 14.1. The fourth-order valence-electron chi connectivity index (χ4n) is 5.08. The maximum Gasteiger partial charge on any atom is 0.228 e. The molecule has 1 unspecified atom stereocenters. The number of aryl methyl sites for hydroxylation is 1. The highest BCUT2D eigenvalue weighted by Gasteiger charge is 2.28. The molecule has 3 aromatic heterocycles. The van der Waals surface area contributed by atoms with Crippen LogP contribution in [0.1, 0.15) is 6.42 Å². The number of aromatic nitrogens is 6. The Hall–Kier alpha value is -4.93. The minimum Gasteiger partial charge on any atom is -0.497 e. The second-order valence-electron chi connectivity index (χ2n) is 9.83. The van der Waals surface area contributed by atoms with Gasteiger partial charge in [0.1, 0.15) is 11.5 Å². The molecule has 11 nitrogen and oxygen atoms in total. The summed E-state index contributed by atoms with van der Waals surface area (Å²) in [7, 11) is 5.18. The van der Waals surface area contributed by atoms with E-state index in [9.17, 15) is 5.11 Å². The first kappa shape index (κ1) is 25.4. The molecule has 1 atom stereocenters. The highest BCUT2D eigenvalue weighted by atomic mass is 16.5. The molecule has 0 bridgehead atoms. The van der Waals surface area contributed by atoms with Crippen LogP contribution in [0.2, 0.25) is 0 Å². The first-order valence-electron chi connectivity index (χ1n) is 13.0. The van der Waals surface area contributed by atoms with Gasteiger partial charge in [-0.05, 0) is 30.5 Å². The van der Waals surface area contributed by atoms with Crippen LogP contribution in [0.15, 0.2) is 67.3 Å². The van der Waals surface area contributed by atoms with E-state index in [4.69, 9.17) is 14.5 Å². The van der Waals surface area contributed by atoms with Gasteiger partial charge in [-0.3, -0.25) is 9.67 Å². The molecule has 40 heavy (non-hydrogen) atoms.